The topological polar surface area (TPSA) is 66.5 Å². The number of nitrogens with one attached hydrogen (secondary N) is 1. The van der Waals surface area contributed by atoms with Gasteiger partial charge < -0.3 is 5.32 Å². The number of anilines is 1. The fourth-order valence-corrected chi connectivity index (χ4v) is 8.52. The highest BCUT2D eigenvalue weighted by molar-refractivity contribution is 7.93. The summed E-state index contributed by atoms with van der Waals surface area (Å²) in [6.07, 6.45) is 7.13. The number of carbonyl (C=O) groups is 1. The zero-order valence-corrected chi connectivity index (χ0v) is 16.5. The van der Waals surface area contributed by atoms with E-state index in [9.17, 15) is 13.2 Å². The third-order valence-corrected chi connectivity index (χ3v) is 9.21. The van der Waals surface area contributed by atoms with Crippen LogP contribution >= 0.6 is 0 Å². The fraction of sp³-hybridized carbons (Fsp3) is 0.500. The predicted molar refractivity (Wildman–Crippen MR) is 108 cm³/mol. The van der Waals surface area contributed by atoms with Crippen LogP contribution in [0.3, 0.4) is 0 Å². The molecule has 1 heterocycles. The molecular formula is C22H24N2O3S. The third-order valence-electron chi connectivity index (χ3n) is 7.41. The van der Waals surface area contributed by atoms with E-state index < -0.39 is 10.0 Å². The van der Waals surface area contributed by atoms with Crippen molar-refractivity contribution in [2.24, 2.45) is 17.8 Å². The lowest BCUT2D eigenvalue weighted by Crippen LogP contribution is -2.61. The van der Waals surface area contributed by atoms with E-state index >= 15 is 0 Å². The van der Waals surface area contributed by atoms with Crippen LogP contribution in [0.1, 0.15) is 38.5 Å². The molecule has 5 nitrogen and oxygen atoms in total. The molecule has 146 valence electrons. The summed E-state index contributed by atoms with van der Waals surface area (Å²) in [6.45, 7) is -0.141. The molecular weight excluding hydrogens is 372 g/mol. The molecule has 6 heteroatoms. The quantitative estimate of drug-likeness (QED) is 0.864. The smallest absolute Gasteiger partial charge is 0.265 e. The largest absolute Gasteiger partial charge is 0.349 e. The third kappa shape index (κ3) is 2.30. The molecule has 2 aromatic rings. The zero-order chi connectivity index (χ0) is 19.1. The first-order valence-electron chi connectivity index (χ1n) is 10.3. The van der Waals surface area contributed by atoms with Crippen LogP contribution in [0.25, 0.3) is 10.8 Å². The minimum atomic E-state index is -3.69. The lowest BCUT2D eigenvalue weighted by Gasteiger charge is -2.57. The number of benzene rings is 2. The van der Waals surface area contributed by atoms with E-state index in [-0.39, 0.29) is 18.0 Å². The van der Waals surface area contributed by atoms with Crippen molar-refractivity contribution in [1.82, 2.24) is 5.32 Å². The number of nitrogens with zero attached hydrogens (tertiary/aromatic N) is 1. The number of sulfonamides is 1. The summed E-state index contributed by atoms with van der Waals surface area (Å²) >= 11 is 0. The summed E-state index contributed by atoms with van der Waals surface area (Å²) in [6, 6.07) is 10.9. The average Bonchev–Trinajstić information content (AvgIpc) is 2.84. The lowest BCUT2D eigenvalue weighted by molar-refractivity contribution is -0.125. The van der Waals surface area contributed by atoms with Gasteiger partial charge in [-0.1, -0.05) is 24.3 Å². The molecule has 0 saturated heterocycles. The molecule has 7 rings (SSSR count). The standard InChI is InChI=1S/C22H24N2O3S/c25-20(23-22-10-14-7-15(11-22)9-16(8-14)12-22)13-24-18-5-1-3-17-4-2-6-19(21(17)18)28(24,26)27/h1-6,14-16H,7-13H2,(H,23,25). The molecule has 4 saturated carbocycles. The first kappa shape index (κ1) is 16.8. The van der Waals surface area contributed by atoms with Crippen LogP contribution in [-0.4, -0.2) is 26.4 Å². The van der Waals surface area contributed by atoms with E-state index in [2.05, 4.69) is 5.32 Å². The first-order valence-corrected chi connectivity index (χ1v) is 11.7. The molecule has 1 N–H and O–H groups in total. The molecule has 2 aromatic carbocycles. The Bertz CT molecular complexity index is 1070. The van der Waals surface area contributed by atoms with Crippen molar-refractivity contribution in [2.75, 3.05) is 10.8 Å². The molecule has 1 amide bonds. The highest BCUT2D eigenvalue weighted by Gasteiger charge is 2.51. The Morgan fingerprint density at radius 3 is 2.25 bits per heavy atom. The van der Waals surface area contributed by atoms with Crippen LogP contribution in [0.5, 0.6) is 0 Å². The zero-order valence-electron chi connectivity index (χ0n) is 15.7. The predicted octanol–water partition coefficient (Wildman–Crippen LogP) is 3.43. The van der Waals surface area contributed by atoms with Crippen molar-refractivity contribution < 1.29 is 13.2 Å². The second kappa shape index (κ2) is 5.50. The molecule has 0 aromatic heterocycles. The monoisotopic (exact) mass is 396 g/mol. The second-order valence-electron chi connectivity index (χ2n) is 9.39. The molecule has 0 spiro atoms. The second-order valence-corrected chi connectivity index (χ2v) is 11.2. The summed E-state index contributed by atoms with van der Waals surface area (Å²) in [5.74, 6) is 2.04. The number of rotatable bonds is 3. The van der Waals surface area contributed by atoms with E-state index in [0.29, 0.717) is 10.6 Å². The van der Waals surface area contributed by atoms with Crippen molar-refractivity contribution in [3.63, 3.8) is 0 Å². The van der Waals surface area contributed by atoms with E-state index in [0.717, 1.165) is 47.8 Å². The van der Waals surface area contributed by atoms with Crippen molar-refractivity contribution in [3.05, 3.63) is 36.4 Å². The number of carbonyl (C=O) groups excluding carboxylic acids is 1. The normalized spacial score (nSPS) is 34.1. The molecule has 0 unspecified atom stereocenters. The summed E-state index contributed by atoms with van der Waals surface area (Å²) in [7, 11) is -3.69. The van der Waals surface area contributed by atoms with E-state index in [1.54, 1.807) is 18.2 Å². The SMILES string of the molecule is O=C(CN1c2cccc3cccc(c23)S1(=O)=O)NC12CC3CC(CC(C3)C1)C2. The van der Waals surface area contributed by atoms with Crippen LogP contribution in [0.15, 0.2) is 41.3 Å². The average molecular weight is 397 g/mol. The van der Waals surface area contributed by atoms with Gasteiger partial charge in [0.05, 0.1) is 10.6 Å². The molecule has 5 aliphatic rings. The van der Waals surface area contributed by atoms with Gasteiger partial charge in [-0.3, -0.25) is 9.10 Å². The van der Waals surface area contributed by atoms with Gasteiger partial charge in [-0.25, -0.2) is 8.42 Å². The van der Waals surface area contributed by atoms with Crippen molar-refractivity contribution in [2.45, 2.75) is 49.0 Å². The Labute approximate surface area is 165 Å². The van der Waals surface area contributed by atoms with Gasteiger partial charge in [-0.05, 0) is 73.8 Å². The highest BCUT2D eigenvalue weighted by atomic mass is 32.2. The summed E-state index contributed by atoms with van der Waals surface area (Å²) in [5, 5.41) is 4.92. The first-order chi connectivity index (χ1) is 13.4. The van der Waals surface area contributed by atoms with Crippen LogP contribution in [0.4, 0.5) is 5.69 Å². The number of hydrogen-bond donors (Lipinski definition) is 1. The molecule has 28 heavy (non-hydrogen) atoms. The maximum Gasteiger partial charge on any atom is 0.265 e. The molecule has 4 bridgehead atoms. The van der Waals surface area contributed by atoms with Crippen LogP contribution in [0.2, 0.25) is 0 Å². The maximum atomic E-state index is 13.1. The summed E-state index contributed by atoms with van der Waals surface area (Å²) in [4.78, 5) is 13.3. The summed E-state index contributed by atoms with van der Waals surface area (Å²) in [5.41, 5.74) is 0.516. The Balaban J connectivity index is 1.29. The lowest BCUT2D eigenvalue weighted by atomic mass is 9.53. The van der Waals surface area contributed by atoms with E-state index in [4.69, 9.17) is 0 Å². The number of amides is 1. The molecule has 4 aliphatic carbocycles. The molecule has 0 atom stereocenters. The Hall–Kier alpha value is -2.08. The van der Waals surface area contributed by atoms with Crippen molar-refractivity contribution in [3.8, 4) is 0 Å². The van der Waals surface area contributed by atoms with Gasteiger partial charge in [-0.15, -0.1) is 0 Å². The Kier molecular flexibility index (Phi) is 3.31. The molecule has 0 radical (unpaired) electrons. The minimum absolute atomic E-state index is 0.103. The minimum Gasteiger partial charge on any atom is -0.349 e. The van der Waals surface area contributed by atoms with Gasteiger partial charge in [-0.2, -0.15) is 0 Å². The number of hydrogen-bond acceptors (Lipinski definition) is 3. The maximum absolute atomic E-state index is 13.1. The van der Waals surface area contributed by atoms with Gasteiger partial charge in [0, 0.05) is 10.9 Å². The van der Waals surface area contributed by atoms with Crippen molar-refractivity contribution in [1.29, 1.82) is 0 Å². The van der Waals surface area contributed by atoms with Gasteiger partial charge in [0.15, 0.2) is 0 Å². The Morgan fingerprint density at radius 2 is 1.61 bits per heavy atom. The van der Waals surface area contributed by atoms with Gasteiger partial charge in [0.2, 0.25) is 5.91 Å². The fourth-order valence-electron chi connectivity index (χ4n) is 6.86. The highest BCUT2D eigenvalue weighted by Crippen LogP contribution is 2.55. The summed E-state index contributed by atoms with van der Waals surface area (Å²) < 4.78 is 27.5. The van der Waals surface area contributed by atoms with Gasteiger partial charge in [0.1, 0.15) is 6.54 Å². The van der Waals surface area contributed by atoms with Crippen LogP contribution in [-0.2, 0) is 14.8 Å². The van der Waals surface area contributed by atoms with Crippen molar-refractivity contribution >= 4 is 32.4 Å². The van der Waals surface area contributed by atoms with Gasteiger partial charge in [0.25, 0.3) is 10.0 Å². The van der Waals surface area contributed by atoms with E-state index in [1.807, 2.05) is 18.2 Å². The van der Waals surface area contributed by atoms with Crippen LogP contribution < -0.4 is 9.62 Å². The molecule has 1 aliphatic heterocycles. The van der Waals surface area contributed by atoms with E-state index in [1.165, 1.54) is 23.6 Å². The Morgan fingerprint density at radius 1 is 1.00 bits per heavy atom. The van der Waals surface area contributed by atoms with Gasteiger partial charge >= 0.3 is 0 Å². The molecule has 4 fully saturated rings. The van der Waals surface area contributed by atoms with Crippen LogP contribution in [0, 0.1) is 17.8 Å².